The second-order valence-corrected chi connectivity index (χ2v) is 12.8. The minimum Gasteiger partial charge on any atom is -0.394 e. The molecule has 0 aliphatic carbocycles. The Hall–Kier alpha value is -1.18. The smallest absolute Gasteiger partial charge is 0.185 e. The van der Waals surface area contributed by atoms with Crippen LogP contribution in [-0.4, -0.2) is 106 Å². The van der Waals surface area contributed by atoms with Gasteiger partial charge in [-0.3, -0.25) is 0 Å². The fourth-order valence-corrected chi connectivity index (χ4v) is 6.69. The zero-order valence-corrected chi connectivity index (χ0v) is 27.0. The van der Waals surface area contributed by atoms with Crippen molar-refractivity contribution in [2.24, 2.45) is 29.6 Å². The highest BCUT2D eigenvalue weighted by atomic mass is 16.7. The van der Waals surface area contributed by atoms with Crippen molar-refractivity contribution in [3.63, 3.8) is 0 Å². The van der Waals surface area contributed by atoms with E-state index < -0.39 is 43.1 Å². The van der Waals surface area contributed by atoms with Crippen LogP contribution in [0.25, 0.3) is 0 Å². The summed E-state index contributed by atoms with van der Waals surface area (Å²) in [6.45, 7) is 13.3. The van der Waals surface area contributed by atoms with Crippen LogP contribution in [0.3, 0.4) is 0 Å². The van der Waals surface area contributed by atoms with Crippen molar-refractivity contribution in [1.82, 2.24) is 0 Å². The largest absolute Gasteiger partial charge is 0.394 e. The SMILES string of the molecule is COC[C@@H]1O[C@@H](O[C@@H]2C(COCc3ccccc3)O[C@@H](C)C(C)[C@H]2C)C(OC)C(C)[C@@H]1O[C@H]1O[C@@H](CO)[C@@H](O)C(C)C1C. The lowest BCUT2D eigenvalue weighted by atomic mass is 9.81. The van der Waals surface area contributed by atoms with E-state index in [1.165, 1.54) is 0 Å². The number of aliphatic hydroxyl groups is 2. The predicted octanol–water partition coefficient (Wildman–Crippen LogP) is 3.41. The zero-order valence-electron chi connectivity index (χ0n) is 27.0. The first-order chi connectivity index (χ1) is 20.6. The lowest BCUT2D eigenvalue weighted by Gasteiger charge is -2.50. The third kappa shape index (κ3) is 7.98. The molecular weight excluding hydrogens is 556 g/mol. The predicted molar refractivity (Wildman–Crippen MR) is 159 cm³/mol. The van der Waals surface area contributed by atoms with E-state index in [9.17, 15) is 10.2 Å². The molecule has 3 aliphatic rings. The van der Waals surface area contributed by atoms with Crippen LogP contribution in [0.2, 0.25) is 0 Å². The molecule has 0 bridgehead atoms. The maximum absolute atomic E-state index is 10.5. The van der Waals surface area contributed by atoms with E-state index in [4.69, 9.17) is 37.9 Å². The molecule has 0 amide bonds. The average Bonchev–Trinajstić information content (AvgIpc) is 3.00. The molecule has 0 aromatic heterocycles. The lowest BCUT2D eigenvalue weighted by molar-refractivity contribution is -0.357. The molecule has 1 aromatic carbocycles. The fourth-order valence-electron chi connectivity index (χ4n) is 6.69. The van der Waals surface area contributed by atoms with Gasteiger partial charge in [0.1, 0.15) is 24.4 Å². The molecule has 15 atom stereocenters. The number of rotatable bonds is 12. The first-order valence-electron chi connectivity index (χ1n) is 15.8. The van der Waals surface area contributed by atoms with Crippen molar-refractivity contribution in [3.8, 4) is 0 Å². The van der Waals surface area contributed by atoms with E-state index in [1.54, 1.807) is 14.2 Å². The zero-order chi connectivity index (χ0) is 31.3. The molecule has 4 rings (SSSR count). The topological polar surface area (TPSA) is 114 Å². The van der Waals surface area contributed by atoms with Gasteiger partial charge >= 0.3 is 0 Å². The van der Waals surface area contributed by atoms with Crippen LogP contribution in [0.1, 0.15) is 47.1 Å². The molecule has 246 valence electrons. The van der Waals surface area contributed by atoms with Crippen LogP contribution in [0.5, 0.6) is 0 Å². The molecule has 0 spiro atoms. The van der Waals surface area contributed by atoms with Crippen molar-refractivity contribution >= 4 is 0 Å². The molecule has 2 N–H and O–H groups in total. The van der Waals surface area contributed by atoms with Gasteiger partial charge in [0.25, 0.3) is 0 Å². The van der Waals surface area contributed by atoms with Crippen molar-refractivity contribution < 1.29 is 48.1 Å². The molecule has 3 saturated heterocycles. The Morgan fingerprint density at radius 3 is 1.95 bits per heavy atom. The molecule has 6 unspecified atom stereocenters. The Morgan fingerprint density at radius 1 is 0.674 bits per heavy atom. The van der Waals surface area contributed by atoms with Gasteiger partial charge in [0.05, 0.1) is 50.8 Å². The van der Waals surface area contributed by atoms with Crippen LogP contribution in [0, 0.1) is 29.6 Å². The number of hydrogen-bond donors (Lipinski definition) is 2. The van der Waals surface area contributed by atoms with Crippen molar-refractivity contribution in [3.05, 3.63) is 35.9 Å². The molecule has 3 fully saturated rings. The first kappa shape index (κ1) is 34.7. The quantitative estimate of drug-likeness (QED) is 0.365. The van der Waals surface area contributed by atoms with E-state index in [2.05, 4.69) is 27.7 Å². The number of hydrogen-bond acceptors (Lipinski definition) is 10. The molecule has 43 heavy (non-hydrogen) atoms. The molecule has 10 nitrogen and oxygen atoms in total. The minimum atomic E-state index is -0.770. The summed E-state index contributed by atoms with van der Waals surface area (Å²) in [5.74, 6) is 0.0659. The summed E-state index contributed by atoms with van der Waals surface area (Å²) in [6, 6.07) is 10.1. The van der Waals surface area contributed by atoms with Crippen molar-refractivity contribution in [2.75, 3.05) is 34.0 Å². The molecule has 0 radical (unpaired) electrons. The highest BCUT2D eigenvalue weighted by molar-refractivity contribution is 5.13. The summed E-state index contributed by atoms with van der Waals surface area (Å²) in [5, 5.41) is 20.3. The third-order valence-electron chi connectivity index (χ3n) is 10.1. The third-order valence-corrected chi connectivity index (χ3v) is 10.1. The van der Waals surface area contributed by atoms with Gasteiger partial charge in [-0.2, -0.15) is 0 Å². The van der Waals surface area contributed by atoms with Crippen LogP contribution in [0.4, 0.5) is 0 Å². The highest BCUT2D eigenvalue weighted by Gasteiger charge is 2.51. The molecule has 1 aromatic rings. The first-order valence-corrected chi connectivity index (χ1v) is 15.8. The van der Waals surface area contributed by atoms with Crippen LogP contribution in [-0.2, 0) is 44.5 Å². The highest BCUT2D eigenvalue weighted by Crippen LogP contribution is 2.39. The Bertz CT molecular complexity index is 947. The van der Waals surface area contributed by atoms with E-state index in [0.29, 0.717) is 13.2 Å². The summed E-state index contributed by atoms with van der Waals surface area (Å²) in [5.41, 5.74) is 1.10. The van der Waals surface area contributed by atoms with Crippen LogP contribution >= 0.6 is 0 Å². The second kappa shape index (κ2) is 15.9. The van der Waals surface area contributed by atoms with Crippen LogP contribution in [0.15, 0.2) is 30.3 Å². The second-order valence-electron chi connectivity index (χ2n) is 12.8. The standard InChI is InChI=1S/C33H54O10/c1-18-20(3)29(27(39-23(18)6)17-38-15-24-12-10-9-11-13-24)43-33-31(37-8)22(5)30(26(41-33)16-36-7)42-32-21(4)19(2)28(35)25(14-34)40-32/h9-13,18-23,25-35H,14-17H2,1-8H3/t18?,19?,20-,21?,22?,23+,25+,26+,27?,28+,29+,30+,31?,32-,33+/m1/s1. The Morgan fingerprint density at radius 2 is 1.30 bits per heavy atom. The molecule has 10 heteroatoms. The van der Waals surface area contributed by atoms with Gasteiger partial charge in [-0.05, 0) is 30.2 Å². The molecular formula is C33H54O10. The summed E-state index contributed by atoms with van der Waals surface area (Å²) in [4.78, 5) is 0. The molecule has 3 heterocycles. The Balaban J connectivity index is 1.49. The number of aliphatic hydroxyl groups excluding tert-OH is 2. The van der Waals surface area contributed by atoms with Gasteiger partial charge in [0.2, 0.25) is 0 Å². The minimum absolute atomic E-state index is 0.0600. The molecule has 3 aliphatic heterocycles. The number of ether oxygens (including phenoxy) is 8. The summed E-state index contributed by atoms with van der Waals surface area (Å²) < 4.78 is 50.1. The van der Waals surface area contributed by atoms with Gasteiger partial charge in [0, 0.05) is 26.1 Å². The summed E-state index contributed by atoms with van der Waals surface area (Å²) in [7, 11) is 3.28. The summed E-state index contributed by atoms with van der Waals surface area (Å²) in [6.07, 6.45) is -4.68. The van der Waals surface area contributed by atoms with Gasteiger partial charge in [-0.25, -0.2) is 0 Å². The average molecular weight is 611 g/mol. The Kier molecular flexibility index (Phi) is 12.8. The maximum atomic E-state index is 10.5. The van der Waals surface area contributed by atoms with Crippen LogP contribution < -0.4 is 0 Å². The van der Waals surface area contributed by atoms with Gasteiger partial charge in [0.15, 0.2) is 12.6 Å². The van der Waals surface area contributed by atoms with E-state index >= 15 is 0 Å². The Labute approximate surface area is 257 Å². The van der Waals surface area contributed by atoms with Gasteiger partial charge in [-0.15, -0.1) is 0 Å². The summed E-state index contributed by atoms with van der Waals surface area (Å²) >= 11 is 0. The number of benzene rings is 1. The van der Waals surface area contributed by atoms with E-state index in [0.717, 1.165) is 5.56 Å². The molecule has 0 saturated carbocycles. The van der Waals surface area contributed by atoms with Crippen molar-refractivity contribution in [1.29, 1.82) is 0 Å². The van der Waals surface area contributed by atoms with Crippen molar-refractivity contribution in [2.45, 2.75) is 110 Å². The maximum Gasteiger partial charge on any atom is 0.185 e. The fraction of sp³-hybridized carbons (Fsp3) is 0.818. The van der Waals surface area contributed by atoms with E-state index in [1.807, 2.05) is 44.2 Å². The number of methoxy groups -OCH3 is 2. The normalized spacial score (nSPS) is 43.9. The van der Waals surface area contributed by atoms with E-state index in [-0.39, 0.29) is 61.1 Å². The van der Waals surface area contributed by atoms with Gasteiger partial charge < -0.3 is 48.1 Å². The lowest BCUT2D eigenvalue weighted by Crippen LogP contribution is -2.62. The van der Waals surface area contributed by atoms with Gasteiger partial charge in [-0.1, -0.05) is 65.0 Å². The monoisotopic (exact) mass is 610 g/mol.